The van der Waals surface area contributed by atoms with E-state index in [0.29, 0.717) is 17.1 Å². The van der Waals surface area contributed by atoms with Gasteiger partial charge in [-0.25, -0.2) is 4.98 Å². The highest BCUT2D eigenvalue weighted by molar-refractivity contribution is 5.74. The van der Waals surface area contributed by atoms with Gasteiger partial charge in [0, 0.05) is 0 Å². The molecular weight excluding hydrogens is 337 g/mol. The van der Waals surface area contributed by atoms with Gasteiger partial charge in [-0.2, -0.15) is 13.2 Å². The van der Waals surface area contributed by atoms with E-state index >= 15 is 0 Å². The molecule has 0 amide bonds. The van der Waals surface area contributed by atoms with Crippen LogP contribution in [0, 0.1) is 6.92 Å². The summed E-state index contributed by atoms with van der Waals surface area (Å²) in [5.74, 6) is 0.384. The van der Waals surface area contributed by atoms with Crippen LogP contribution >= 0.6 is 0 Å². The fraction of sp³-hybridized carbons (Fsp3) is 0.188. The Morgan fingerprint density at radius 1 is 1.24 bits per heavy atom. The fourth-order valence-corrected chi connectivity index (χ4v) is 2.50. The van der Waals surface area contributed by atoms with Crippen LogP contribution in [-0.2, 0) is 6.18 Å². The minimum absolute atomic E-state index is 0.0179. The van der Waals surface area contributed by atoms with Gasteiger partial charge in [0.1, 0.15) is 23.7 Å². The third-order valence-electron chi connectivity index (χ3n) is 3.78. The first-order chi connectivity index (χ1) is 11.7. The first-order valence-corrected chi connectivity index (χ1v) is 7.16. The van der Waals surface area contributed by atoms with Gasteiger partial charge in [0.15, 0.2) is 0 Å². The summed E-state index contributed by atoms with van der Waals surface area (Å²) in [6.07, 6.45) is -1.73. The summed E-state index contributed by atoms with van der Waals surface area (Å²) in [4.78, 5) is 4.32. The number of benzene rings is 1. The van der Waals surface area contributed by atoms with Gasteiger partial charge in [0.2, 0.25) is 0 Å². The zero-order valence-corrected chi connectivity index (χ0v) is 13.4. The standard InChI is InChI=1S/C16H15F3N4O2/c1-8-14(21)23(15(22-8)9-3-4-25-7-9)11-5-10(16(17,18)19)6-12(24-2)13(11)20/h3-7H,20-21H2,1-2H3. The number of halogens is 3. The van der Waals surface area contributed by atoms with E-state index in [1.807, 2.05) is 0 Å². The smallest absolute Gasteiger partial charge is 0.416 e. The molecule has 2 aromatic heterocycles. The van der Waals surface area contributed by atoms with E-state index in [0.717, 1.165) is 12.1 Å². The second-order valence-corrected chi connectivity index (χ2v) is 5.36. The van der Waals surface area contributed by atoms with Crippen LogP contribution in [0.4, 0.5) is 24.7 Å². The largest absolute Gasteiger partial charge is 0.495 e. The highest BCUT2D eigenvalue weighted by Gasteiger charge is 2.33. The van der Waals surface area contributed by atoms with Crippen LogP contribution in [0.1, 0.15) is 11.3 Å². The van der Waals surface area contributed by atoms with Gasteiger partial charge in [-0.1, -0.05) is 0 Å². The molecule has 6 nitrogen and oxygen atoms in total. The molecule has 4 N–H and O–H groups in total. The molecule has 2 heterocycles. The van der Waals surface area contributed by atoms with Crippen molar-refractivity contribution >= 4 is 11.5 Å². The van der Waals surface area contributed by atoms with Crippen molar-refractivity contribution in [2.75, 3.05) is 18.6 Å². The second kappa shape index (κ2) is 5.76. The molecule has 3 rings (SSSR count). The lowest BCUT2D eigenvalue weighted by molar-refractivity contribution is -0.137. The van der Waals surface area contributed by atoms with Gasteiger partial charge < -0.3 is 20.6 Å². The van der Waals surface area contributed by atoms with Crippen molar-refractivity contribution in [1.82, 2.24) is 9.55 Å². The van der Waals surface area contributed by atoms with Gasteiger partial charge in [0.05, 0.1) is 41.6 Å². The highest BCUT2D eigenvalue weighted by Crippen LogP contribution is 2.40. The Bertz CT molecular complexity index is 915. The second-order valence-electron chi connectivity index (χ2n) is 5.36. The van der Waals surface area contributed by atoms with Crippen molar-refractivity contribution in [2.24, 2.45) is 0 Å². The van der Waals surface area contributed by atoms with Crippen molar-refractivity contribution in [3.05, 3.63) is 42.0 Å². The SMILES string of the molecule is COc1cc(C(F)(F)F)cc(-n2c(-c3ccoc3)nc(C)c2N)c1N. The number of hydrogen-bond donors (Lipinski definition) is 2. The van der Waals surface area contributed by atoms with Gasteiger partial charge in [-0.05, 0) is 25.1 Å². The number of aryl methyl sites for hydroxylation is 1. The van der Waals surface area contributed by atoms with Gasteiger partial charge in [-0.15, -0.1) is 0 Å². The van der Waals surface area contributed by atoms with Crippen molar-refractivity contribution in [1.29, 1.82) is 0 Å². The first-order valence-electron chi connectivity index (χ1n) is 7.16. The molecule has 3 aromatic rings. The van der Waals surface area contributed by atoms with E-state index in [2.05, 4.69) is 4.98 Å². The van der Waals surface area contributed by atoms with Crippen LogP contribution in [-0.4, -0.2) is 16.7 Å². The quantitative estimate of drug-likeness (QED) is 0.702. The number of nitrogen functional groups attached to an aromatic ring is 2. The van der Waals surface area contributed by atoms with E-state index < -0.39 is 11.7 Å². The number of rotatable bonds is 3. The Balaban J connectivity index is 2.34. The summed E-state index contributed by atoms with van der Waals surface area (Å²) >= 11 is 0. The van der Waals surface area contributed by atoms with Crippen molar-refractivity contribution in [3.63, 3.8) is 0 Å². The number of imidazole rings is 1. The Kier molecular flexibility index (Phi) is 3.86. The van der Waals surface area contributed by atoms with Gasteiger partial charge in [-0.3, -0.25) is 4.57 Å². The maximum atomic E-state index is 13.2. The lowest BCUT2D eigenvalue weighted by atomic mass is 10.1. The van der Waals surface area contributed by atoms with E-state index in [4.69, 9.17) is 20.6 Å². The average molecular weight is 352 g/mol. The maximum Gasteiger partial charge on any atom is 0.416 e. The number of nitrogens with two attached hydrogens (primary N) is 2. The molecule has 9 heteroatoms. The predicted molar refractivity (Wildman–Crippen MR) is 86.4 cm³/mol. The van der Waals surface area contributed by atoms with E-state index in [-0.39, 0.29) is 22.9 Å². The monoisotopic (exact) mass is 352 g/mol. The number of aromatic nitrogens is 2. The van der Waals surface area contributed by atoms with E-state index in [1.54, 1.807) is 13.0 Å². The number of nitrogens with zero attached hydrogens (tertiary/aromatic N) is 2. The van der Waals surface area contributed by atoms with Crippen molar-refractivity contribution in [2.45, 2.75) is 13.1 Å². The fourth-order valence-electron chi connectivity index (χ4n) is 2.50. The minimum atomic E-state index is -4.57. The minimum Gasteiger partial charge on any atom is -0.495 e. The van der Waals surface area contributed by atoms with Crippen molar-refractivity contribution < 1.29 is 22.3 Å². The lowest BCUT2D eigenvalue weighted by Crippen LogP contribution is -2.11. The molecule has 0 spiro atoms. The van der Waals surface area contributed by atoms with Crippen molar-refractivity contribution in [3.8, 4) is 22.8 Å². The van der Waals surface area contributed by atoms with Crippen LogP contribution in [0.5, 0.6) is 5.75 Å². The summed E-state index contributed by atoms with van der Waals surface area (Å²) < 4.78 is 51.1. The summed E-state index contributed by atoms with van der Waals surface area (Å²) in [7, 11) is 1.25. The number of ether oxygens (including phenoxy) is 1. The molecule has 25 heavy (non-hydrogen) atoms. The van der Waals surface area contributed by atoms with Crippen LogP contribution in [0.25, 0.3) is 17.1 Å². The summed E-state index contributed by atoms with van der Waals surface area (Å²) in [5, 5.41) is 0. The van der Waals surface area contributed by atoms with Crippen LogP contribution < -0.4 is 16.2 Å². The first kappa shape index (κ1) is 16.7. The Morgan fingerprint density at radius 3 is 2.52 bits per heavy atom. The predicted octanol–water partition coefficient (Wildman–Crippen LogP) is 3.63. The number of hydrogen-bond acceptors (Lipinski definition) is 5. The average Bonchev–Trinajstić information content (AvgIpc) is 3.16. The summed E-state index contributed by atoms with van der Waals surface area (Å²) in [5.41, 5.74) is 12.2. The molecule has 0 bridgehead atoms. The molecule has 0 fully saturated rings. The number of anilines is 2. The summed E-state index contributed by atoms with van der Waals surface area (Å²) in [6.45, 7) is 1.65. The normalized spacial score (nSPS) is 11.7. The molecule has 0 aliphatic carbocycles. The molecular formula is C16H15F3N4O2. The maximum absolute atomic E-state index is 13.2. The van der Waals surface area contributed by atoms with Crippen LogP contribution in [0.2, 0.25) is 0 Å². The summed E-state index contributed by atoms with van der Waals surface area (Å²) in [6, 6.07) is 3.38. The molecule has 0 radical (unpaired) electrons. The Morgan fingerprint density at radius 2 is 1.96 bits per heavy atom. The van der Waals surface area contributed by atoms with E-state index in [9.17, 15) is 13.2 Å². The molecule has 0 aliphatic heterocycles. The third kappa shape index (κ3) is 2.77. The molecule has 0 aliphatic rings. The zero-order chi connectivity index (χ0) is 18.4. The molecule has 0 saturated carbocycles. The molecule has 132 valence electrons. The van der Waals surface area contributed by atoms with Crippen LogP contribution in [0.15, 0.2) is 35.1 Å². The Labute approximate surface area is 140 Å². The third-order valence-corrected chi connectivity index (χ3v) is 3.78. The lowest BCUT2D eigenvalue weighted by Gasteiger charge is -2.17. The van der Waals surface area contributed by atoms with Gasteiger partial charge >= 0.3 is 6.18 Å². The molecule has 0 saturated heterocycles. The molecule has 0 unspecified atom stereocenters. The molecule has 0 atom stereocenters. The van der Waals surface area contributed by atoms with E-state index in [1.165, 1.54) is 24.2 Å². The number of alkyl halides is 3. The number of methoxy groups -OCH3 is 1. The van der Waals surface area contributed by atoms with Crippen LogP contribution in [0.3, 0.4) is 0 Å². The molecule has 1 aromatic carbocycles. The topological polar surface area (TPSA) is 92.2 Å². The van der Waals surface area contributed by atoms with Gasteiger partial charge in [0.25, 0.3) is 0 Å². The zero-order valence-electron chi connectivity index (χ0n) is 13.4. The number of furan rings is 1. The Hall–Kier alpha value is -3.10. The highest BCUT2D eigenvalue weighted by atomic mass is 19.4.